The minimum atomic E-state index is 0.386. The molecule has 0 unspecified atom stereocenters. The fourth-order valence-corrected chi connectivity index (χ4v) is 1.12. The van der Waals surface area contributed by atoms with Gasteiger partial charge in [0.2, 0.25) is 0 Å². The molecule has 0 aromatic carbocycles. The predicted octanol–water partition coefficient (Wildman–Crippen LogP) is 1.79. The van der Waals surface area contributed by atoms with Crippen LogP contribution < -0.4 is 0 Å². The largest absolute Gasteiger partial charge is 0.368 e. The maximum Gasteiger partial charge on any atom is 0.0976 e. The van der Waals surface area contributed by atoms with Gasteiger partial charge < -0.3 is 4.74 Å². The van der Waals surface area contributed by atoms with Crippen LogP contribution in [0.2, 0.25) is 0 Å². The van der Waals surface area contributed by atoms with Gasteiger partial charge in [0, 0.05) is 0 Å². The number of epoxide rings is 1. The third-order valence-electron chi connectivity index (χ3n) is 1.41. The standard InChI is InChI=1S/C6H11ClO/c1-2-3-5-6(4-7)8-5/h5-6H,2-4H2,1H3/t5-,6+/m0/s1. The highest BCUT2D eigenvalue weighted by Gasteiger charge is 2.36. The second-order valence-electron chi connectivity index (χ2n) is 2.16. The van der Waals surface area contributed by atoms with Crippen molar-refractivity contribution in [3.05, 3.63) is 0 Å². The first-order chi connectivity index (χ1) is 3.88. The van der Waals surface area contributed by atoms with E-state index < -0.39 is 0 Å². The molecule has 0 spiro atoms. The van der Waals surface area contributed by atoms with E-state index in [1.54, 1.807) is 0 Å². The zero-order chi connectivity index (χ0) is 5.98. The zero-order valence-electron chi connectivity index (χ0n) is 5.06. The van der Waals surface area contributed by atoms with Gasteiger partial charge in [-0.05, 0) is 6.42 Å². The molecule has 0 N–H and O–H groups in total. The molecule has 1 nitrogen and oxygen atoms in total. The molecule has 0 radical (unpaired) electrons. The van der Waals surface area contributed by atoms with Gasteiger partial charge >= 0.3 is 0 Å². The van der Waals surface area contributed by atoms with Crippen LogP contribution in [0.5, 0.6) is 0 Å². The lowest BCUT2D eigenvalue weighted by molar-refractivity contribution is 0.370. The Bertz CT molecular complexity index is 74.9. The van der Waals surface area contributed by atoms with Crippen molar-refractivity contribution in [3.63, 3.8) is 0 Å². The summed E-state index contributed by atoms with van der Waals surface area (Å²) in [4.78, 5) is 0. The Morgan fingerprint density at radius 1 is 1.50 bits per heavy atom. The monoisotopic (exact) mass is 134 g/mol. The number of hydrogen-bond donors (Lipinski definition) is 0. The molecule has 1 heterocycles. The van der Waals surface area contributed by atoms with Crippen molar-refractivity contribution < 1.29 is 4.74 Å². The molecule has 2 atom stereocenters. The van der Waals surface area contributed by atoms with Crippen LogP contribution in [-0.4, -0.2) is 18.1 Å². The summed E-state index contributed by atoms with van der Waals surface area (Å²) >= 11 is 5.50. The lowest BCUT2D eigenvalue weighted by Gasteiger charge is -1.83. The number of hydrogen-bond acceptors (Lipinski definition) is 1. The van der Waals surface area contributed by atoms with Crippen molar-refractivity contribution in [2.45, 2.75) is 32.0 Å². The summed E-state index contributed by atoms with van der Waals surface area (Å²) in [6.07, 6.45) is 3.27. The highest BCUT2D eigenvalue weighted by molar-refractivity contribution is 6.18. The fourth-order valence-electron chi connectivity index (χ4n) is 0.853. The van der Waals surface area contributed by atoms with Crippen molar-refractivity contribution in [3.8, 4) is 0 Å². The Morgan fingerprint density at radius 3 is 2.62 bits per heavy atom. The Morgan fingerprint density at radius 2 is 2.25 bits per heavy atom. The van der Waals surface area contributed by atoms with Crippen molar-refractivity contribution >= 4 is 11.6 Å². The van der Waals surface area contributed by atoms with Crippen LogP contribution in [0.3, 0.4) is 0 Å². The van der Waals surface area contributed by atoms with Crippen LogP contribution in [0.1, 0.15) is 19.8 Å². The molecule has 1 fully saturated rings. The van der Waals surface area contributed by atoms with Gasteiger partial charge in [0.05, 0.1) is 18.1 Å². The minimum absolute atomic E-state index is 0.386. The third kappa shape index (κ3) is 1.36. The Balaban J connectivity index is 1.99. The second-order valence-corrected chi connectivity index (χ2v) is 2.46. The predicted molar refractivity (Wildman–Crippen MR) is 34.3 cm³/mol. The first kappa shape index (κ1) is 6.37. The lowest BCUT2D eigenvalue weighted by Crippen LogP contribution is -1.93. The van der Waals surface area contributed by atoms with E-state index in [1.165, 1.54) is 12.8 Å². The van der Waals surface area contributed by atoms with E-state index in [2.05, 4.69) is 6.92 Å². The summed E-state index contributed by atoms with van der Waals surface area (Å²) in [5.74, 6) is 0.671. The molecule has 0 aromatic heterocycles. The van der Waals surface area contributed by atoms with Crippen LogP contribution in [-0.2, 0) is 4.74 Å². The maximum atomic E-state index is 5.50. The summed E-state index contributed by atoms with van der Waals surface area (Å²) in [7, 11) is 0. The van der Waals surface area contributed by atoms with Gasteiger partial charge in [-0.15, -0.1) is 11.6 Å². The third-order valence-corrected chi connectivity index (χ3v) is 1.72. The molecule has 0 aromatic rings. The SMILES string of the molecule is CCC[C@@H]1O[C@@H]1CCl. The Kier molecular flexibility index (Phi) is 2.15. The van der Waals surface area contributed by atoms with Crippen LogP contribution >= 0.6 is 11.6 Å². The summed E-state index contributed by atoms with van der Waals surface area (Å²) < 4.78 is 5.17. The molecule has 1 aliphatic rings. The number of ether oxygens (including phenoxy) is 1. The van der Waals surface area contributed by atoms with Crippen LogP contribution in [0.15, 0.2) is 0 Å². The van der Waals surface area contributed by atoms with Gasteiger partial charge in [0.15, 0.2) is 0 Å². The molecule has 0 amide bonds. The smallest absolute Gasteiger partial charge is 0.0976 e. The van der Waals surface area contributed by atoms with Crippen molar-refractivity contribution in [1.82, 2.24) is 0 Å². The number of rotatable bonds is 3. The van der Waals surface area contributed by atoms with Gasteiger partial charge in [-0.1, -0.05) is 13.3 Å². The Hall–Kier alpha value is 0.250. The average Bonchev–Trinajstić information content (AvgIpc) is 2.48. The minimum Gasteiger partial charge on any atom is -0.368 e. The molecule has 48 valence electrons. The van der Waals surface area contributed by atoms with Gasteiger partial charge in [-0.25, -0.2) is 0 Å². The van der Waals surface area contributed by atoms with Gasteiger partial charge in [0.25, 0.3) is 0 Å². The highest BCUT2D eigenvalue weighted by atomic mass is 35.5. The molecule has 8 heavy (non-hydrogen) atoms. The quantitative estimate of drug-likeness (QED) is 0.424. The van der Waals surface area contributed by atoms with Crippen LogP contribution in [0.4, 0.5) is 0 Å². The number of halogens is 1. The molecular weight excluding hydrogens is 124 g/mol. The molecule has 1 rings (SSSR count). The number of alkyl halides is 1. The first-order valence-electron chi connectivity index (χ1n) is 3.10. The average molecular weight is 135 g/mol. The zero-order valence-corrected chi connectivity index (χ0v) is 5.82. The van der Waals surface area contributed by atoms with Crippen LogP contribution in [0, 0.1) is 0 Å². The molecule has 0 saturated carbocycles. The molecule has 0 aliphatic carbocycles. The highest BCUT2D eigenvalue weighted by Crippen LogP contribution is 2.26. The summed E-state index contributed by atoms with van der Waals surface area (Å²) in [5, 5.41) is 0. The molecular formula is C6H11ClO. The van der Waals surface area contributed by atoms with E-state index in [-0.39, 0.29) is 0 Å². The topological polar surface area (TPSA) is 12.5 Å². The Labute approximate surface area is 55.0 Å². The second kappa shape index (κ2) is 2.70. The van der Waals surface area contributed by atoms with Gasteiger partial charge in [0.1, 0.15) is 0 Å². The molecule has 1 aliphatic heterocycles. The summed E-state index contributed by atoms with van der Waals surface area (Å²) in [5.41, 5.74) is 0. The van der Waals surface area contributed by atoms with Crippen molar-refractivity contribution in [2.24, 2.45) is 0 Å². The van der Waals surface area contributed by atoms with E-state index in [4.69, 9.17) is 16.3 Å². The van der Waals surface area contributed by atoms with Gasteiger partial charge in [-0.3, -0.25) is 0 Å². The maximum absolute atomic E-state index is 5.50. The lowest BCUT2D eigenvalue weighted by atomic mass is 10.2. The fraction of sp³-hybridized carbons (Fsp3) is 1.00. The molecule has 2 heteroatoms. The molecule has 0 bridgehead atoms. The normalized spacial score (nSPS) is 35.2. The van der Waals surface area contributed by atoms with E-state index in [1.807, 2.05) is 0 Å². The summed E-state index contributed by atoms with van der Waals surface area (Å²) in [6, 6.07) is 0. The van der Waals surface area contributed by atoms with Crippen molar-refractivity contribution in [1.29, 1.82) is 0 Å². The van der Waals surface area contributed by atoms with E-state index in [0.29, 0.717) is 18.1 Å². The van der Waals surface area contributed by atoms with Gasteiger partial charge in [-0.2, -0.15) is 0 Å². The van der Waals surface area contributed by atoms with E-state index in [0.717, 1.165) is 0 Å². The first-order valence-corrected chi connectivity index (χ1v) is 3.63. The summed E-state index contributed by atoms with van der Waals surface area (Å²) in [6.45, 7) is 2.16. The molecule has 1 saturated heterocycles. The van der Waals surface area contributed by atoms with Crippen LogP contribution in [0.25, 0.3) is 0 Å². The van der Waals surface area contributed by atoms with Crippen molar-refractivity contribution in [2.75, 3.05) is 5.88 Å². The van der Waals surface area contributed by atoms with E-state index in [9.17, 15) is 0 Å². The van der Waals surface area contributed by atoms with E-state index >= 15 is 0 Å².